The SMILES string of the molecule is Cc1ccc(OC[C@H](CC(=O)OC(C)(C)C)NC(=O)OC(C)(C)C)cc1. The number of hydrogen-bond acceptors (Lipinski definition) is 5. The molecule has 0 spiro atoms. The molecule has 0 saturated heterocycles. The Hall–Kier alpha value is -2.24. The number of hydrogen-bond donors (Lipinski definition) is 1. The van der Waals surface area contributed by atoms with E-state index in [-0.39, 0.29) is 13.0 Å². The Morgan fingerprint density at radius 1 is 0.962 bits per heavy atom. The van der Waals surface area contributed by atoms with Crippen LogP contribution in [0.2, 0.25) is 0 Å². The van der Waals surface area contributed by atoms with Crippen molar-refractivity contribution in [2.24, 2.45) is 0 Å². The van der Waals surface area contributed by atoms with Crippen LogP contribution in [-0.2, 0) is 14.3 Å². The molecule has 146 valence electrons. The number of aryl methyl sites for hydroxylation is 1. The van der Waals surface area contributed by atoms with E-state index in [0.29, 0.717) is 5.75 Å². The predicted octanol–water partition coefficient (Wildman–Crippen LogP) is 4.00. The number of benzene rings is 1. The average Bonchev–Trinajstić information content (AvgIpc) is 2.42. The molecule has 1 atom stereocenters. The van der Waals surface area contributed by atoms with Crippen molar-refractivity contribution in [1.29, 1.82) is 0 Å². The smallest absolute Gasteiger partial charge is 0.408 e. The minimum absolute atomic E-state index is 0.0115. The number of esters is 1. The highest BCUT2D eigenvalue weighted by Gasteiger charge is 2.24. The molecule has 0 unspecified atom stereocenters. The Balaban J connectivity index is 2.71. The number of rotatable bonds is 6. The van der Waals surface area contributed by atoms with Crippen LogP contribution < -0.4 is 10.1 Å². The Kier molecular flexibility index (Phi) is 7.48. The van der Waals surface area contributed by atoms with E-state index in [1.165, 1.54) is 0 Å². The van der Waals surface area contributed by atoms with Crippen molar-refractivity contribution in [1.82, 2.24) is 5.32 Å². The summed E-state index contributed by atoms with van der Waals surface area (Å²) in [4.78, 5) is 24.2. The molecule has 1 rings (SSSR count). The molecule has 0 fully saturated rings. The van der Waals surface area contributed by atoms with Gasteiger partial charge < -0.3 is 19.5 Å². The van der Waals surface area contributed by atoms with Crippen molar-refractivity contribution in [3.05, 3.63) is 29.8 Å². The van der Waals surface area contributed by atoms with Gasteiger partial charge in [0.25, 0.3) is 0 Å². The maximum atomic E-state index is 12.1. The quantitative estimate of drug-likeness (QED) is 0.771. The van der Waals surface area contributed by atoms with E-state index in [1.54, 1.807) is 41.5 Å². The highest BCUT2D eigenvalue weighted by molar-refractivity contribution is 5.73. The second kappa shape index (κ2) is 8.92. The van der Waals surface area contributed by atoms with Crippen LogP contribution in [0.1, 0.15) is 53.5 Å². The Morgan fingerprint density at radius 2 is 1.50 bits per heavy atom. The number of ether oxygens (including phenoxy) is 3. The molecule has 26 heavy (non-hydrogen) atoms. The van der Waals surface area contributed by atoms with Gasteiger partial charge in [-0.3, -0.25) is 4.79 Å². The van der Waals surface area contributed by atoms with E-state index < -0.39 is 29.3 Å². The summed E-state index contributed by atoms with van der Waals surface area (Å²) in [5, 5.41) is 2.68. The van der Waals surface area contributed by atoms with Crippen molar-refractivity contribution in [2.45, 2.75) is 72.1 Å². The van der Waals surface area contributed by atoms with Crippen molar-refractivity contribution < 1.29 is 23.8 Å². The largest absolute Gasteiger partial charge is 0.491 e. The second-order valence-electron chi connectivity index (χ2n) is 8.26. The van der Waals surface area contributed by atoms with E-state index in [9.17, 15) is 9.59 Å². The molecule has 0 aromatic heterocycles. The van der Waals surface area contributed by atoms with Crippen molar-refractivity contribution >= 4 is 12.1 Å². The van der Waals surface area contributed by atoms with Crippen LogP contribution in [0.4, 0.5) is 4.79 Å². The third-order valence-electron chi connectivity index (χ3n) is 3.03. The molecule has 6 nitrogen and oxygen atoms in total. The first-order chi connectivity index (χ1) is 11.8. The molecule has 0 aliphatic carbocycles. The predicted molar refractivity (Wildman–Crippen MR) is 100 cm³/mol. The number of amides is 1. The van der Waals surface area contributed by atoms with Gasteiger partial charge in [-0.05, 0) is 60.6 Å². The van der Waals surface area contributed by atoms with E-state index >= 15 is 0 Å². The number of nitrogens with one attached hydrogen (secondary N) is 1. The first-order valence-corrected chi connectivity index (χ1v) is 8.75. The van der Waals surface area contributed by atoms with Crippen LogP contribution in [0.5, 0.6) is 5.75 Å². The summed E-state index contributed by atoms with van der Waals surface area (Å²) in [5.74, 6) is 0.252. The van der Waals surface area contributed by atoms with Crippen LogP contribution in [0.15, 0.2) is 24.3 Å². The molecule has 0 aliphatic heterocycles. The van der Waals surface area contributed by atoms with Gasteiger partial charge in [-0.15, -0.1) is 0 Å². The summed E-state index contributed by atoms with van der Waals surface area (Å²) in [6, 6.07) is 6.97. The van der Waals surface area contributed by atoms with Crippen molar-refractivity contribution in [3.63, 3.8) is 0 Å². The molecule has 0 saturated carbocycles. The molecule has 1 aromatic carbocycles. The maximum absolute atomic E-state index is 12.1. The topological polar surface area (TPSA) is 73.9 Å². The van der Waals surface area contributed by atoms with E-state index in [4.69, 9.17) is 14.2 Å². The fourth-order valence-corrected chi connectivity index (χ4v) is 2.04. The third-order valence-corrected chi connectivity index (χ3v) is 3.03. The van der Waals surface area contributed by atoms with Gasteiger partial charge in [-0.1, -0.05) is 17.7 Å². The zero-order valence-corrected chi connectivity index (χ0v) is 16.8. The van der Waals surface area contributed by atoms with Gasteiger partial charge in [0, 0.05) is 0 Å². The van der Waals surface area contributed by atoms with Gasteiger partial charge in [0.05, 0.1) is 12.5 Å². The number of carbonyl (C=O) groups is 2. The number of alkyl carbamates (subject to hydrolysis) is 1. The molecule has 6 heteroatoms. The Labute approximate surface area is 156 Å². The fourth-order valence-electron chi connectivity index (χ4n) is 2.04. The highest BCUT2D eigenvalue weighted by Crippen LogP contribution is 2.14. The Bertz CT molecular complexity index is 566. The summed E-state index contributed by atoms with van der Waals surface area (Å²) in [6.45, 7) is 12.8. The lowest BCUT2D eigenvalue weighted by Crippen LogP contribution is -2.44. The zero-order valence-electron chi connectivity index (χ0n) is 16.8. The first kappa shape index (κ1) is 21.8. The molecule has 0 bridgehead atoms. The van der Waals surface area contributed by atoms with Gasteiger partial charge in [0.1, 0.15) is 23.6 Å². The summed E-state index contributed by atoms with van der Waals surface area (Å²) in [6.07, 6.45) is -0.610. The number of carbonyl (C=O) groups excluding carboxylic acids is 2. The van der Waals surface area contributed by atoms with Crippen LogP contribution >= 0.6 is 0 Å². The van der Waals surface area contributed by atoms with E-state index in [2.05, 4.69) is 5.32 Å². The maximum Gasteiger partial charge on any atom is 0.408 e. The summed E-state index contributed by atoms with van der Waals surface area (Å²) in [7, 11) is 0. The van der Waals surface area contributed by atoms with Gasteiger partial charge >= 0.3 is 12.1 Å². The van der Waals surface area contributed by atoms with Crippen LogP contribution in [0, 0.1) is 6.92 Å². The molecule has 1 aromatic rings. The van der Waals surface area contributed by atoms with E-state index in [1.807, 2.05) is 31.2 Å². The molecule has 0 aliphatic rings. The average molecular weight is 365 g/mol. The second-order valence-corrected chi connectivity index (χ2v) is 8.26. The monoisotopic (exact) mass is 365 g/mol. The minimum atomic E-state index is -0.627. The van der Waals surface area contributed by atoms with E-state index in [0.717, 1.165) is 5.56 Å². The molecule has 1 amide bonds. The summed E-state index contributed by atoms with van der Waals surface area (Å²) < 4.78 is 16.3. The summed E-state index contributed by atoms with van der Waals surface area (Å²) >= 11 is 0. The molecular weight excluding hydrogens is 334 g/mol. The minimum Gasteiger partial charge on any atom is -0.491 e. The summed E-state index contributed by atoms with van der Waals surface area (Å²) in [5.41, 5.74) is -0.0986. The standard InChI is InChI=1S/C20H31NO5/c1-14-8-10-16(11-9-14)24-13-15(12-17(22)25-19(2,3)4)21-18(23)26-20(5,6)7/h8-11,15H,12-13H2,1-7H3,(H,21,23)/t15-/m0/s1. The van der Waals surface area contributed by atoms with Crippen molar-refractivity contribution in [2.75, 3.05) is 6.61 Å². The third kappa shape index (κ3) is 9.91. The van der Waals surface area contributed by atoms with Gasteiger partial charge in [0.2, 0.25) is 0 Å². The van der Waals surface area contributed by atoms with Gasteiger partial charge in [0.15, 0.2) is 0 Å². The molecule has 0 heterocycles. The lowest BCUT2D eigenvalue weighted by Gasteiger charge is -2.25. The molecule has 0 radical (unpaired) electrons. The molecular formula is C20H31NO5. The zero-order chi connectivity index (χ0) is 20.0. The van der Waals surface area contributed by atoms with Gasteiger partial charge in [-0.2, -0.15) is 0 Å². The van der Waals surface area contributed by atoms with Gasteiger partial charge in [-0.25, -0.2) is 4.79 Å². The Morgan fingerprint density at radius 3 is 2.00 bits per heavy atom. The van der Waals surface area contributed by atoms with Crippen LogP contribution in [-0.4, -0.2) is 35.9 Å². The lowest BCUT2D eigenvalue weighted by atomic mass is 10.1. The fraction of sp³-hybridized carbons (Fsp3) is 0.600. The lowest BCUT2D eigenvalue weighted by molar-refractivity contribution is -0.155. The first-order valence-electron chi connectivity index (χ1n) is 8.75. The normalized spacial score (nSPS) is 12.9. The van der Waals surface area contributed by atoms with Crippen LogP contribution in [0.3, 0.4) is 0 Å². The van der Waals surface area contributed by atoms with Crippen molar-refractivity contribution in [3.8, 4) is 5.75 Å². The van der Waals surface area contributed by atoms with Crippen LogP contribution in [0.25, 0.3) is 0 Å². The molecule has 1 N–H and O–H groups in total. The highest BCUT2D eigenvalue weighted by atomic mass is 16.6.